The quantitative estimate of drug-likeness (QED) is 0.683. The van der Waals surface area contributed by atoms with Gasteiger partial charge < -0.3 is 10.2 Å². The molecule has 122 valence electrons. The lowest BCUT2D eigenvalue weighted by Gasteiger charge is -2.32. The summed E-state index contributed by atoms with van der Waals surface area (Å²) >= 11 is 0. The van der Waals surface area contributed by atoms with Gasteiger partial charge in [0.2, 0.25) is 0 Å². The molecule has 0 radical (unpaired) electrons. The maximum Gasteiger partial charge on any atom is 0.165 e. The van der Waals surface area contributed by atoms with E-state index in [4.69, 9.17) is 0 Å². The van der Waals surface area contributed by atoms with Crippen molar-refractivity contribution in [3.8, 4) is 11.5 Å². The highest BCUT2D eigenvalue weighted by molar-refractivity contribution is 5.51. The fourth-order valence-corrected chi connectivity index (χ4v) is 2.91. The monoisotopic (exact) mass is 326 g/mol. The van der Waals surface area contributed by atoms with Gasteiger partial charge in [-0.3, -0.25) is 0 Å². The number of hydrogen-bond donors (Lipinski definition) is 2. The summed E-state index contributed by atoms with van der Waals surface area (Å²) in [5.41, 5.74) is 1.10. The molecule has 3 aromatic rings. The van der Waals surface area contributed by atoms with Crippen LogP contribution in [-0.4, -0.2) is 10.2 Å². The van der Waals surface area contributed by atoms with Gasteiger partial charge in [0.05, 0.1) is 0 Å². The molecular weight excluding hydrogens is 310 g/mol. The van der Waals surface area contributed by atoms with Crippen molar-refractivity contribution in [3.63, 3.8) is 0 Å². The third kappa shape index (κ3) is 2.60. The highest BCUT2D eigenvalue weighted by Crippen LogP contribution is 2.40. The third-order valence-corrected chi connectivity index (χ3v) is 4.40. The molecule has 0 aliphatic carbocycles. The minimum atomic E-state index is -0.857. The minimum Gasteiger partial charge on any atom is -0.505 e. The highest BCUT2D eigenvalue weighted by atomic mass is 19.1. The van der Waals surface area contributed by atoms with Crippen LogP contribution in [0.3, 0.4) is 0 Å². The van der Waals surface area contributed by atoms with E-state index in [2.05, 4.69) is 0 Å². The van der Waals surface area contributed by atoms with Gasteiger partial charge in [0.1, 0.15) is 0 Å². The second-order valence-electron chi connectivity index (χ2n) is 5.82. The lowest BCUT2D eigenvalue weighted by Crippen LogP contribution is -2.25. The molecule has 2 nitrogen and oxygen atoms in total. The molecule has 0 spiro atoms. The molecule has 0 heterocycles. The first-order chi connectivity index (χ1) is 11.4. The van der Waals surface area contributed by atoms with Crippen LogP contribution in [0.1, 0.15) is 23.6 Å². The SMILES string of the molecule is CC(c1ccccc1)(c1ccc(O)c(F)c1)c1ccc(O)c(F)c1. The highest BCUT2D eigenvalue weighted by Gasteiger charge is 2.32. The Hall–Kier alpha value is -2.88. The summed E-state index contributed by atoms with van der Waals surface area (Å²) in [6.45, 7) is 1.85. The molecule has 0 aliphatic heterocycles. The number of rotatable bonds is 3. The second-order valence-corrected chi connectivity index (χ2v) is 5.82. The largest absolute Gasteiger partial charge is 0.505 e. The van der Waals surface area contributed by atoms with Crippen LogP contribution in [0.4, 0.5) is 8.78 Å². The van der Waals surface area contributed by atoms with Crippen molar-refractivity contribution in [1.82, 2.24) is 0 Å². The Labute approximate surface area is 138 Å². The predicted molar refractivity (Wildman–Crippen MR) is 88.1 cm³/mol. The van der Waals surface area contributed by atoms with E-state index in [0.29, 0.717) is 11.1 Å². The molecule has 0 aliphatic rings. The normalized spacial score (nSPS) is 11.5. The first-order valence-electron chi connectivity index (χ1n) is 7.46. The standard InChI is InChI=1S/C20H16F2O2/c1-20(13-5-3-2-4-6-13,14-7-9-18(23)16(21)11-14)15-8-10-19(24)17(22)12-15/h2-12,23-24H,1H3. The Balaban J connectivity index is 2.28. The number of benzene rings is 3. The van der Waals surface area contributed by atoms with Gasteiger partial charge in [0.25, 0.3) is 0 Å². The van der Waals surface area contributed by atoms with Crippen LogP contribution >= 0.6 is 0 Å². The van der Waals surface area contributed by atoms with E-state index in [1.165, 1.54) is 24.3 Å². The molecule has 0 saturated carbocycles. The Morgan fingerprint density at radius 2 is 1.12 bits per heavy atom. The Kier molecular flexibility index (Phi) is 3.97. The van der Waals surface area contributed by atoms with E-state index in [-0.39, 0.29) is 0 Å². The second kappa shape index (κ2) is 5.96. The Morgan fingerprint density at radius 3 is 1.54 bits per heavy atom. The molecule has 24 heavy (non-hydrogen) atoms. The topological polar surface area (TPSA) is 40.5 Å². The number of halogens is 2. The zero-order valence-electron chi connectivity index (χ0n) is 13.0. The van der Waals surface area contributed by atoms with Gasteiger partial charge in [0.15, 0.2) is 23.1 Å². The van der Waals surface area contributed by atoms with E-state index in [1.54, 1.807) is 12.1 Å². The maximum absolute atomic E-state index is 13.9. The Morgan fingerprint density at radius 1 is 0.667 bits per heavy atom. The van der Waals surface area contributed by atoms with Crippen LogP contribution in [0.25, 0.3) is 0 Å². The average molecular weight is 326 g/mol. The molecule has 0 fully saturated rings. The van der Waals surface area contributed by atoms with Crippen LogP contribution in [0.5, 0.6) is 11.5 Å². The lowest BCUT2D eigenvalue weighted by atomic mass is 9.71. The molecule has 0 unspecified atom stereocenters. The van der Waals surface area contributed by atoms with Gasteiger partial charge in [-0.05, 0) is 47.9 Å². The van der Waals surface area contributed by atoms with Crippen molar-refractivity contribution in [2.24, 2.45) is 0 Å². The summed E-state index contributed by atoms with van der Waals surface area (Å²) in [7, 11) is 0. The first-order valence-corrected chi connectivity index (χ1v) is 7.46. The fourth-order valence-electron chi connectivity index (χ4n) is 2.91. The molecular formula is C20H16F2O2. The molecule has 3 rings (SSSR count). The van der Waals surface area contributed by atoms with Crippen LogP contribution in [0, 0.1) is 11.6 Å². The molecule has 0 saturated heterocycles. The predicted octanol–water partition coefficient (Wildman–Crippen LogP) is 4.73. The minimum absolute atomic E-state index is 0.439. The lowest BCUT2D eigenvalue weighted by molar-refractivity contribution is 0.429. The summed E-state index contributed by atoms with van der Waals surface area (Å²) < 4.78 is 27.8. The summed E-state index contributed by atoms with van der Waals surface area (Å²) in [5, 5.41) is 18.9. The van der Waals surface area contributed by atoms with Crippen molar-refractivity contribution in [3.05, 3.63) is 95.1 Å². The molecule has 3 aromatic carbocycles. The molecule has 0 amide bonds. The number of hydrogen-bond acceptors (Lipinski definition) is 2. The van der Waals surface area contributed by atoms with Crippen LogP contribution in [0.2, 0.25) is 0 Å². The van der Waals surface area contributed by atoms with Crippen molar-refractivity contribution in [1.29, 1.82) is 0 Å². The summed E-state index contributed by atoms with van der Waals surface area (Å²) in [4.78, 5) is 0. The zero-order chi connectivity index (χ0) is 17.3. The molecule has 2 N–H and O–H groups in total. The van der Waals surface area contributed by atoms with E-state index < -0.39 is 28.5 Å². The fraction of sp³-hybridized carbons (Fsp3) is 0.100. The summed E-state index contributed by atoms with van der Waals surface area (Å²) in [6, 6.07) is 17.6. The van der Waals surface area contributed by atoms with Gasteiger partial charge in [-0.1, -0.05) is 42.5 Å². The number of phenols is 2. The molecule has 0 aromatic heterocycles. The van der Waals surface area contributed by atoms with Gasteiger partial charge >= 0.3 is 0 Å². The van der Waals surface area contributed by atoms with Gasteiger partial charge in [0, 0.05) is 5.41 Å². The van der Waals surface area contributed by atoms with Crippen LogP contribution < -0.4 is 0 Å². The molecule has 4 heteroatoms. The third-order valence-electron chi connectivity index (χ3n) is 4.40. The van der Waals surface area contributed by atoms with Gasteiger partial charge in [-0.15, -0.1) is 0 Å². The van der Waals surface area contributed by atoms with E-state index in [0.717, 1.165) is 5.56 Å². The Bertz CT molecular complexity index is 825. The summed E-state index contributed by atoms with van der Waals surface area (Å²) in [5.74, 6) is -2.36. The smallest absolute Gasteiger partial charge is 0.165 e. The van der Waals surface area contributed by atoms with E-state index in [9.17, 15) is 19.0 Å². The zero-order valence-corrected chi connectivity index (χ0v) is 13.0. The van der Waals surface area contributed by atoms with Crippen molar-refractivity contribution >= 4 is 0 Å². The van der Waals surface area contributed by atoms with Crippen LogP contribution in [-0.2, 0) is 5.41 Å². The van der Waals surface area contributed by atoms with Crippen molar-refractivity contribution < 1.29 is 19.0 Å². The van der Waals surface area contributed by atoms with E-state index >= 15 is 0 Å². The average Bonchev–Trinajstić information content (AvgIpc) is 2.60. The van der Waals surface area contributed by atoms with Gasteiger partial charge in [-0.25, -0.2) is 8.78 Å². The first kappa shape index (κ1) is 16.0. The van der Waals surface area contributed by atoms with Gasteiger partial charge in [-0.2, -0.15) is 0 Å². The van der Waals surface area contributed by atoms with Crippen molar-refractivity contribution in [2.45, 2.75) is 12.3 Å². The summed E-state index contributed by atoms with van der Waals surface area (Å²) in [6.07, 6.45) is 0. The van der Waals surface area contributed by atoms with Crippen LogP contribution in [0.15, 0.2) is 66.7 Å². The number of phenolic OH excluding ortho intramolecular Hbond substituents is 2. The maximum atomic E-state index is 13.9. The molecule has 0 atom stereocenters. The number of aromatic hydroxyl groups is 2. The van der Waals surface area contributed by atoms with E-state index in [1.807, 2.05) is 37.3 Å². The van der Waals surface area contributed by atoms with Crippen molar-refractivity contribution in [2.75, 3.05) is 0 Å². The molecule has 0 bridgehead atoms.